The van der Waals surface area contributed by atoms with Crippen molar-refractivity contribution >= 4 is 9.84 Å². The fourth-order valence-corrected chi connectivity index (χ4v) is 4.27. The topological polar surface area (TPSA) is 46.2 Å². The summed E-state index contributed by atoms with van der Waals surface area (Å²) in [7, 11) is -2.78. The van der Waals surface area contributed by atoms with Crippen LogP contribution < -0.4 is 5.32 Å². The van der Waals surface area contributed by atoms with Gasteiger partial charge in [-0.15, -0.1) is 0 Å². The second-order valence-electron chi connectivity index (χ2n) is 7.19. The Balaban J connectivity index is 1.96. The molecule has 0 aromatic heterocycles. The molecule has 4 heteroatoms. The minimum atomic E-state index is -2.78. The molecule has 1 N–H and O–H groups in total. The summed E-state index contributed by atoms with van der Waals surface area (Å²) in [5.74, 6) is 0.640. The second kappa shape index (κ2) is 6.09. The highest BCUT2D eigenvalue weighted by atomic mass is 32.2. The molecule has 0 radical (unpaired) electrons. The van der Waals surface area contributed by atoms with Crippen LogP contribution in [0.4, 0.5) is 0 Å². The van der Waals surface area contributed by atoms with Gasteiger partial charge in [-0.2, -0.15) is 0 Å². The van der Waals surface area contributed by atoms with Crippen LogP contribution >= 0.6 is 0 Å². The lowest BCUT2D eigenvalue weighted by Crippen LogP contribution is -2.38. The van der Waals surface area contributed by atoms with Gasteiger partial charge in [0.2, 0.25) is 0 Å². The van der Waals surface area contributed by atoms with E-state index < -0.39 is 9.84 Å². The predicted molar refractivity (Wildman–Crippen MR) is 88.4 cm³/mol. The maximum atomic E-state index is 11.5. The van der Waals surface area contributed by atoms with Crippen LogP contribution in [0.25, 0.3) is 0 Å². The van der Waals surface area contributed by atoms with Crippen molar-refractivity contribution in [3.63, 3.8) is 0 Å². The Morgan fingerprint density at radius 1 is 1.10 bits per heavy atom. The van der Waals surface area contributed by atoms with Crippen molar-refractivity contribution in [1.29, 1.82) is 0 Å². The molecule has 118 valence electrons. The summed E-state index contributed by atoms with van der Waals surface area (Å²) < 4.78 is 22.9. The van der Waals surface area contributed by atoms with Crippen LogP contribution in [0.5, 0.6) is 0 Å². The average molecular weight is 309 g/mol. The first kappa shape index (κ1) is 16.5. The second-order valence-corrected chi connectivity index (χ2v) is 9.49. The van der Waals surface area contributed by atoms with Crippen LogP contribution in [0.2, 0.25) is 0 Å². The van der Waals surface area contributed by atoms with Gasteiger partial charge in [-0.1, -0.05) is 45.0 Å². The molecule has 1 saturated heterocycles. The third-order valence-corrected chi connectivity index (χ3v) is 6.03. The first-order valence-corrected chi connectivity index (χ1v) is 9.56. The van der Waals surface area contributed by atoms with Crippen LogP contribution in [0, 0.1) is 0 Å². The van der Waals surface area contributed by atoms with Gasteiger partial charge in [-0.3, -0.25) is 0 Å². The minimum absolute atomic E-state index is 0.174. The molecular formula is C17H27NO2S. The maximum absolute atomic E-state index is 11.5. The molecule has 0 aliphatic carbocycles. The van der Waals surface area contributed by atoms with Gasteiger partial charge in [0, 0.05) is 12.1 Å². The molecule has 1 aliphatic rings. The molecule has 1 aromatic rings. The molecule has 0 saturated carbocycles. The number of nitrogens with one attached hydrogen (secondary N) is 1. The molecule has 0 amide bonds. The normalized spacial score (nSPS) is 21.1. The van der Waals surface area contributed by atoms with E-state index in [0.29, 0.717) is 17.5 Å². The van der Waals surface area contributed by atoms with E-state index in [0.717, 1.165) is 12.8 Å². The highest BCUT2D eigenvalue weighted by molar-refractivity contribution is 7.91. The Kier molecular flexibility index (Phi) is 4.79. The maximum Gasteiger partial charge on any atom is 0.150 e. The molecule has 2 rings (SSSR count). The van der Waals surface area contributed by atoms with Gasteiger partial charge in [-0.05, 0) is 36.3 Å². The fraction of sp³-hybridized carbons (Fsp3) is 0.647. The van der Waals surface area contributed by atoms with Crippen LogP contribution in [0.1, 0.15) is 57.7 Å². The third kappa shape index (κ3) is 4.55. The first-order chi connectivity index (χ1) is 9.67. The van der Waals surface area contributed by atoms with Crippen molar-refractivity contribution in [2.24, 2.45) is 0 Å². The monoisotopic (exact) mass is 309 g/mol. The summed E-state index contributed by atoms with van der Waals surface area (Å²) in [4.78, 5) is 0. The summed E-state index contributed by atoms with van der Waals surface area (Å²) in [5.41, 5.74) is 2.77. The van der Waals surface area contributed by atoms with Crippen molar-refractivity contribution in [2.75, 3.05) is 11.5 Å². The van der Waals surface area contributed by atoms with Gasteiger partial charge in [0.05, 0.1) is 11.5 Å². The lowest BCUT2D eigenvalue weighted by molar-refractivity contribution is 0.420. The van der Waals surface area contributed by atoms with E-state index in [1.54, 1.807) is 0 Å². The Morgan fingerprint density at radius 2 is 1.62 bits per heavy atom. The molecule has 1 atom stereocenters. The van der Waals surface area contributed by atoms with Crippen LogP contribution in [-0.2, 0) is 15.3 Å². The molecule has 1 aliphatic heterocycles. The van der Waals surface area contributed by atoms with Gasteiger partial charge in [0.15, 0.2) is 0 Å². The van der Waals surface area contributed by atoms with Crippen molar-refractivity contribution < 1.29 is 8.42 Å². The molecular weight excluding hydrogens is 282 g/mol. The van der Waals surface area contributed by atoms with Crippen LogP contribution in [0.15, 0.2) is 24.3 Å². The van der Waals surface area contributed by atoms with Crippen molar-refractivity contribution in [2.45, 2.75) is 58.0 Å². The SMILES string of the molecule is CC(NC1CCS(=O)(=O)CC1)c1ccc(C(C)(C)C)cc1. The largest absolute Gasteiger partial charge is 0.307 e. The van der Waals surface area contributed by atoms with Crippen molar-refractivity contribution in [3.05, 3.63) is 35.4 Å². The molecule has 3 nitrogen and oxygen atoms in total. The molecule has 0 bridgehead atoms. The Morgan fingerprint density at radius 3 is 2.10 bits per heavy atom. The van der Waals surface area contributed by atoms with E-state index in [1.807, 2.05) is 0 Å². The van der Waals surface area contributed by atoms with E-state index in [1.165, 1.54) is 11.1 Å². The quantitative estimate of drug-likeness (QED) is 0.932. The standard InChI is InChI=1S/C17H27NO2S/c1-13(18-16-9-11-21(19,20)12-10-16)14-5-7-15(8-6-14)17(2,3)4/h5-8,13,16,18H,9-12H2,1-4H3. The van der Waals surface area contributed by atoms with Crippen molar-refractivity contribution in [3.8, 4) is 0 Å². The van der Waals surface area contributed by atoms with Crippen LogP contribution in [0.3, 0.4) is 0 Å². The Hall–Kier alpha value is -0.870. The number of hydrogen-bond acceptors (Lipinski definition) is 3. The van der Waals surface area contributed by atoms with E-state index >= 15 is 0 Å². The van der Waals surface area contributed by atoms with E-state index in [9.17, 15) is 8.42 Å². The van der Waals surface area contributed by atoms with Crippen LogP contribution in [-0.4, -0.2) is 26.0 Å². The number of rotatable bonds is 3. The highest BCUT2D eigenvalue weighted by Crippen LogP contribution is 2.24. The zero-order valence-electron chi connectivity index (χ0n) is 13.5. The zero-order chi connectivity index (χ0) is 15.7. The van der Waals surface area contributed by atoms with Gasteiger partial charge in [-0.25, -0.2) is 8.42 Å². The summed E-state index contributed by atoms with van der Waals surface area (Å²) in [5, 5.41) is 3.57. The smallest absolute Gasteiger partial charge is 0.150 e. The summed E-state index contributed by atoms with van der Waals surface area (Å²) in [6.07, 6.45) is 1.46. The molecule has 1 heterocycles. The Bertz CT molecular complexity index is 556. The van der Waals surface area contributed by atoms with E-state index in [4.69, 9.17) is 0 Å². The third-order valence-electron chi connectivity index (χ3n) is 4.32. The lowest BCUT2D eigenvalue weighted by atomic mass is 9.86. The zero-order valence-corrected chi connectivity index (χ0v) is 14.3. The van der Waals surface area contributed by atoms with Gasteiger partial charge < -0.3 is 5.32 Å². The molecule has 0 spiro atoms. The average Bonchev–Trinajstić information content (AvgIpc) is 2.40. The number of sulfone groups is 1. The van der Waals surface area contributed by atoms with E-state index in [-0.39, 0.29) is 11.5 Å². The Labute approximate surface area is 129 Å². The fourth-order valence-electron chi connectivity index (χ4n) is 2.78. The van der Waals surface area contributed by atoms with Gasteiger partial charge >= 0.3 is 0 Å². The van der Waals surface area contributed by atoms with E-state index in [2.05, 4.69) is 57.3 Å². The van der Waals surface area contributed by atoms with Gasteiger partial charge in [0.1, 0.15) is 9.84 Å². The lowest BCUT2D eigenvalue weighted by Gasteiger charge is -2.27. The molecule has 1 fully saturated rings. The number of hydrogen-bond donors (Lipinski definition) is 1. The van der Waals surface area contributed by atoms with Gasteiger partial charge in [0.25, 0.3) is 0 Å². The summed E-state index contributed by atoms with van der Waals surface area (Å²) >= 11 is 0. The number of benzene rings is 1. The molecule has 21 heavy (non-hydrogen) atoms. The first-order valence-electron chi connectivity index (χ1n) is 7.74. The highest BCUT2D eigenvalue weighted by Gasteiger charge is 2.24. The summed E-state index contributed by atoms with van der Waals surface area (Å²) in [6, 6.07) is 9.31. The van der Waals surface area contributed by atoms with Crippen molar-refractivity contribution in [1.82, 2.24) is 5.32 Å². The predicted octanol–water partition coefficient (Wildman–Crippen LogP) is 3.21. The summed E-state index contributed by atoms with van der Waals surface area (Å²) in [6.45, 7) is 8.79. The molecule has 1 unspecified atom stereocenters. The minimum Gasteiger partial charge on any atom is -0.307 e. The molecule has 1 aromatic carbocycles.